The maximum absolute atomic E-state index is 12.7. The molecule has 0 fully saturated rings. The van der Waals surface area contributed by atoms with E-state index in [0.717, 1.165) is 140 Å². The molecule has 4 aliphatic rings. The first-order valence-electron chi connectivity index (χ1n) is 40.4. The van der Waals surface area contributed by atoms with E-state index in [1.54, 1.807) is 17.9 Å². The van der Waals surface area contributed by atoms with Gasteiger partial charge in [-0.1, -0.05) is 129 Å². The zero-order valence-electron chi connectivity index (χ0n) is 69.9. The fraction of sp³-hybridized carbons (Fsp3) is 0.511. The summed E-state index contributed by atoms with van der Waals surface area (Å²) >= 11 is 0. The van der Waals surface area contributed by atoms with Crippen molar-refractivity contribution in [3.8, 4) is 23.1 Å². The maximum Gasteiger partial charge on any atom is 1.00 e. The van der Waals surface area contributed by atoms with Crippen LogP contribution in [0.1, 0.15) is 270 Å². The van der Waals surface area contributed by atoms with Crippen LogP contribution in [0.2, 0.25) is 0 Å². The fourth-order valence-corrected chi connectivity index (χ4v) is 15.9. The third-order valence-corrected chi connectivity index (χ3v) is 22.3. The molecule has 3 aliphatic carbocycles. The van der Waals surface area contributed by atoms with E-state index >= 15 is 0 Å². The minimum Gasteiger partial charge on any atom is -0.872 e. The number of carboxylic acids is 1. The van der Waals surface area contributed by atoms with Gasteiger partial charge in [0.15, 0.2) is 0 Å². The molecule has 13 rings (SSSR count). The van der Waals surface area contributed by atoms with Gasteiger partial charge >= 0.3 is 71.1 Å². The van der Waals surface area contributed by atoms with Crippen LogP contribution in [0.15, 0.2) is 109 Å². The number of hydrogen-bond acceptors (Lipinski definition) is 15. The molecule has 0 amide bonds. The molecule has 0 radical (unpaired) electrons. The Hall–Kier alpha value is -7.45. The van der Waals surface area contributed by atoms with Crippen LogP contribution in [0.25, 0.3) is 0 Å². The Morgan fingerprint density at radius 2 is 1.00 bits per heavy atom. The third kappa shape index (κ3) is 24.3. The number of benzene rings is 3. The van der Waals surface area contributed by atoms with Gasteiger partial charge in [0.2, 0.25) is 5.88 Å². The number of hydrogen-bond donors (Lipinski definition) is 0. The van der Waals surface area contributed by atoms with Gasteiger partial charge in [0.05, 0.1) is 50.2 Å². The molecule has 0 N–H and O–H groups in total. The summed E-state index contributed by atoms with van der Waals surface area (Å²) in [6.45, 7) is 22.2. The van der Waals surface area contributed by atoms with Crippen LogP contribution in [0, 0.1) is 0 Å². The van der Waals surface area contributed by atoms with Crippen LogP contribution in [0.5, 0.6) is 23.1 Å². The van der Waals surface area contributed by atoms with E-state index in [0.29, 0.717) is 50.2 Å². The monoisotopic (exact) mass is 1540 g/mol. The second kappa shape index (κ2) is 40.2. The van der Waals surface area contributed by atoms with E-state index in [9.17, 15) is 24.6 Å². The van der Waals surface area contributed by atoms with E-state index in [1.165, 1.54) is 101 Å². The summed E-state index contributed by atoms with van der Waals surface area (Å²) in [7, 11) is 7.52. The molecule has 0 saturated carbocycles. The molecule has 112 heavy (non-hydrogen) atoms. The molecule has 1 aliphatic heterocycles. The van der Waals surface area contributed by atoms with Crippen molar-refractivity contribution in [2.75, 3.05) is 20.3 Å². The molecular formula is C92H117N9Na2O9. The SMILES string of the molecule is CCOC(=O)CC(Cc1cc(CCCc2ccc3c(n2)CCCC3)n(C)n1)c1cc(C(C)(C)C)ccc1OC.Cn1nc(CC(CC(=O)[O-])c2cc(C(C)(C)C)ccc2[O-])cc1CCCc1ccc2c(n1)CCCC2.Cn1nc(CC2CC(=O)Oc3ccc(C(C)(C)C)cc32)cc1OCCc1ccc2c(n1)CCCC2.[Na+].[Na+]. The molecule has 0 saturated heterocycles. The van der Waals surface area contributed by atoms with Crippen molar-refractivity contribution in [2.45, 2.75) is 264 Å². The van der Waals surface area contributed by atoms with Crippen LogP contribution in [0.4, 0.5) is 0 Å². The molecule has 0 spiro atoms. The van der Waals surface area contributed by atoms with E-state index in [-0.39, 0.29) is 118 Å². The summed E-state index contributed by atoms with van der Waals surface area (Å²) in [6.07, 6.45) is 22.9. The molecule has 9 aromatic rings. The number of carbonyl (C=O) groups is 3. The second-order valence-corrected chi connectivity index (χ2v) is 33.9. The summed E-state index contributed by atoms with van der Waals surface area (Å²) in [6, 6.07) is 37.2. The largest absolute Gasteiger partial charge is 1.00 e. The zero-order chi connectivity index (χ0) is 78.4. The topological polar surface area (TPSA) is 226 Å². The molecule has 3 atom stereocenters. The van der Waals surface area contributed by atoms with E-state index in [1.807, 2.05) is 73.8 Å². The average Bonchev–Trinajstić information content (AvgIpc) is 1.08. The predicted octanol–water partition coefficient (Wildman–Crippen LogP) is 9.42. The van der Waals surface area contributed by atoms with Crippen molar-refractivity contribution < 1.29 is 103 Å². The molecule has 3 unspecified atom stereocenters. The quantitative estimate of drug-likeness (QED) is 0.0279. The van der Waals surface area contributed by atoms with Crippen LogP contribution in [0.3, 0.4) is 0 Å². The molecule has 6 aromatic heterocycles. The molecule has 7 heterocycles. The maximum atomic E-state index is 12.7. The Morgan fingerprint density at radius 1 is 0.536 bits per heavy atom. The number of aromatic nitrogens is 9. The molecule has 0 bridgehead atoms. The van der Waals surface area contributed by atoms with Crippen molar-refractivity contribution in [3.05, 3.63) is 222 Å². The first kappa shape index (κ1) is 88.5. The standard InChI is InChI=1S/C33H45N3O3.C30H39N3O3.C29H35N3O3.2Na/c1-7-39-32(37)20-24(29-21-25(33(2,3)4)16-18-31(29)38-6)19-27-22-28(36(5)35-27)13-10-12-26-17-15-23-11-8-9-14-30(23)34-26;1-30(2,3)22-13-15-28(34)26(18-22)21(17-29(35)36)16-24-19-25(33(4)32-24)10-7-9-23-14-12-20-8-5-6-11-27(20)31-23;1-29(2,3)21-10-12-26-24(17-21)20(16-28(33)35-26)15-23-18-27(32(4)31-23)34-14-13-22-11-9-19-7-5-6-8-25(19)30-22;;/h15-18,21-22,24H,7-14,19-20H2,1-6H3;12-15,18-19,21,34H,5-11,16-17H2,1-4H3,(H,35,36);9-12,17-18,20H,5-8,13-16H2,1-4H3;;/q;;;2*+1/p-2. The van der Waals surface area contributed by atoms with Crippen LogP contribution in [-0.2, 0) is 146 Å². The average molecular weight is 1540 g/mol. The number of carboxylic acid groups (broad SMARTS) is 1. The first-order chi connectivity index (χ1) is 52.5. The van der Waals surface area contributed by atoms with E-state index < -0.39 is 11.9 Å². The Kier molecular flexibility index (Phi) is 31.8. The number of nitrogens with zero attached hydrogens (tertiary/aromatic N) is 9. The van der Waals surface area contributed by atoms with Gasteiger partial charge in [0.25, 0.3) is 0 Å². The van der Waals surface area contributed by atoms with Crippen LogP contribution < -0.4 is 83.5 Å². The summed E-state index contributed by atoms with van der Waals surface area (Å²) in [5.41, 5.74) is 22.5. The third-order valence-electron chi connectivity index (χ3n) is 22.3. The van der Waals surface area contributed by atoms with Crippen molar-refractivity contribution in [3.63, 3.8) is 0 Å². The Bertz CT molecular complexity index is 4670. The number of esters is 2. The van der Waals surface area contributed by atoms with Gasteiger partial charge in [0.1, 0.15) is 11.5 Å². The number of fused-ring (bicyclic) bond motifs is 4. The van der Waals surface area contributed by atoms with Crippen LogP contribution >= 0.6 is 0 Å². The number of rotatable bonds is 26. The Balaban J connectivity index is 0.000000191. The predicted molar refractivity (Wildman–Crippen MR) is 427 cm³/mol. The molecular weight excluding hydrogens is 1420 g/mol. The minimum atomic E-state index is -1.16. The second-order valence-electron chi connectivity index (χ2n) is 33.9. The smallest absolute Gasteiger partial charge is 0.872 e. The summed E-state index contributed by atoms with van der Waals surface area (Å²) in [4.78, 5) is 51.2. The fourth-order valence-electron chi connectivity index (χ4n) is 15.9. The van der Waals surface area contributed by atoms with Gasteiger partial charge in [0, 0.05) is 97.0 Å². The Morgan fingerprint density at radius 3 is 1.50 bits per heavy atom. The van der Waals surface area contributed by atoms with Gasteiger partial charge < -0.3 is 34.0 Å². The normalized spacial score (nSPS) is 15.0. The number of pyridine rings is 3. The summed E-state index contributed by atoms with van der Waals surface area (Å²) in [5, 5.41) is 38.4. The molecule has 3 aromatic carbocycles. The summed E-state index contributed by atoms with van der Waals surface area (Å²) in [5.74, 6) is -0.00481. The number of aliphatic carboxylic acids is 1. The molecule has 20 heteroatoms. The van der Waals surface area contributed by atoms with Gasteiger partial charge in [-0.05, 0) is 257 Å². The van der Waals surface area contributed by atoms with Gasteiger partial charge in [-0.3, -0.25) is 33.9 Å². The minimum absolute atomic E-state index is 0. The van der Waals surface area contributed by atoms with Crippen molar-refractivity contribution >= 4 is 17.9 Å². The number of carbonyl (C=O) groups excluding carboxylic acids is 3. The molecule has 586 valence electrons. The number of methoxy groups -OCH3 is 1. The van der Waals surface area contributed by atoms with Gasteiger partial charge in [-0.25, -0.2) is 4.68 Å². The van der Waals surface area contributed by atoms with E-state index in [2.05, 4.69) is 139 Å². The van der Waals surface area contributed by atoms with Crippen LogP contribution in [-0.4, -0.2) is 82.5 Å². The van der Waals surface area contributed by atoms with Crippen molar-refractivity contribution in [1.82, 2.24) is 44.3 Å². The summed E-state index contributed by atoms with van der Waals surface area (Å²) < 4.78 is 28.3. The van der Waals surface area contributed by atoms with E-state index in [4.69, 9.17) is 39.0 Å². The number of ether oxygens (including phenoxy) is 4. The van der Waals surface area contributed by atoms with Crippen molar-refractivity contribution in [1.29, 1.82) is 0 Å². The number of aryl methyl sites for hydroxylation is 13. The van der Waals surface area contributed by atoms with Crippen molar-refractivity contribution in [2.24, 2.45) is 21.1 Å². The first-order valence-corrected chi connectivity index (χ1v) is 40.4. The molecule has 18 nitrogen and oxygen atoms in total. The zero-order valence-corrected chi connectivity index (χ0v) is 73.9. The van der Waals surface area contributed by atoms with Gasteiger partial charge in [-0.2, -0.15) is 15.3 Å². The van der Waals surface area contributed by atoms with Gasteiger partial charge in [-0.15, -0.1) is 5.75 Å². The Labute approximate surface area is 709 Å².